The number of nitrogens with one attached hydrogen (secondary N) is 1. The standard InChI is InChI=1S/C16H21ClN4O2S/c1-9(2)21-8-18-20-16(21)24-11(4)15(22)19-13-6-10(3)12(17)7-14(13)23-5/h6-9,11H,1-5H3,(H,19,22)/t11-/m0/s1. The molecule has 0 fully saturated rings. The Morgan fingerprint density at radius 2 is 2.08 bits per heavy atom. The van der Waals surface area contributed by atoms with Gasteiger partial charge in [-0.1, -0.05) is 23.4 Å². The summed E-state index contributed by atoms with van der Waals surface area (Å²) >= 11 is 7.45. The van der Waals surface area contributed by atoms with Gasteiger partial charge in [0.25, 0.3) is 0 Å². The van der Waals surface area contributed by atoms with Gasteiger partial charge in [-0.05, 0) is 39.3 Å². The number of ether oxygens (including phenoxy) is 1. The molecule has 0 saturated heterocycles. The summed E-state index contributed by atoms with van der Waals surface area (Å²) in [5, 5.41) is 11.9. The average Bonchev–Trinajstić information content (AvgIpc) is 2.98. The Kier molecular flexibility index (Phi) is 6.12. The fourth-order valence-corrected chi connectivity index (χ4v) is 3.16. The maximum atomic E-state index is 12.5. The quantitative estimate of drug-likeness (QED) is 0.782. The van der Waals surface area contributed by atoms with Crippen LogP contribution in [0.3, 0.4) is 0 Å². The van der Waals surface area contributed by atoms with E-state index in [2.05, 4.69) is 15.5 Å². The summed E-state index contributed by atoms with van der Waals surface area (Å²) < 4.78 is 7.22. The number of methoxy groups -OCH3 is 1. The molecule has 1 N–H and O–H groups in total. The molecule has 1 amide bonds. The molecule has 2 aromatic rings. The third-order valence-electron chi connectivity index (χ3n) is 3.49. The molecular weight excluding hydrogens is 348 g/mol. The molecule has 1 heterocycles. The molecule has 1 atom stereocenters. The van der Waals surface area contributed by atoms with Crippen LogP contribution in [0.4, 0.5) is 5.69 Å². The summed E-state index contributed by atoms with van der Waals surface area (Å²) in [5.74, 6) is 0.389. The monoisotopic (exact) mass is 368 g/mol. The molecule has 0 spiro atoms. The van der Waals surface area contributed by atoms with Crippen molar-refractivity contribution < 1.29 is 9.53 Å². The zero-order valence-electron chi connectivity index (χ0n) is 14.3. The molecule has 0 bridgehead atoms. The van der Waals surface area contributed by atoms with Crippen LogP contribution in [0.1, 0.15) is 32.4 Å². The van der Waals surface area contributed by atoms with E-state index in [1.165, 1.54) is 11.8 Å². The predicted octanol–water partition coefficient (Wildman–Crippen LogP) is 3.95. The fourth-order valence-electron chi connectivity index (χ4n) is 2.05. The fraction of sp³-hybridized carbons (Fsp3) is 0.438. The van der Waals surface area contributed by atoms with Crippen molar-refractivity contribution in [2.45, 2.75) is 44.1 Å². The number of thioether (sulfide) groups is 1. The SMILES string of the molecule is COc1cc(Cl)c(C)cc1NC(=O)[C@H](C)Sc1nncn1C(C)C. The lowest BCUT2D eigenvalue weighted by Crippen LogP contribution is -2.23. The van der Waals surface area contributed by atoms with Crippen molar-refractivity contribution in [3.8, 4) is 5.75 Å². The van der Waals surface area contributed by atoms with E-state index in [1.807, 2.05) is 32.3 Å². The highest BCUT2D eigenvalue weighted by Gasteiger charge is 2.20. The molecule has 8 heteroatoms. The van der Waals surface area contributed by atoms with Crippen LogP contribution in [0.2, 0.25) is 5.02 Å². The van der Waals surface area contributed by atoms with Crippen LogP contribution in [0, 0.1) is 6.92 Å². The van der Waals surface area contributed by atoms with Crippen molar-refractivity contribution in [1.29, 1.82) is 0 Å². The smallest absolute Gasteiger partial charge is 0.237 e. The Balaban J connectivity index is 2.12. The van der Waals surface area contributed by atoms with Gasteiger partial charge in [-0.25, -0.2) is 0 Å². The summed E-state index contributed by atoms with van der Waals surface area (Å²) in [7, 11) is 1.54. The van der Waals surface area contributed by atoms with Crippen LogP contribution < -0.4 is 10.1 Å². The lowest BCUT2D eigenvalue weighted by molar-refractivity contribution is -0.115. The third kappa shape index (κ3) is 4.21. The van der Waals surface area contributed by atoms with Crippen molar-refractivity contribution in [3.63, 3.8) is 0 Å². The van der Waals surface area contributed by atoms with E-state index in [0.29, 0.717) is 21.6 Å². The third-order valence-corrected chi connectivity index (χ3v) is 4.96. The molecule has 0 aliphatic rings. The zero-order valence-corrected chi connectivity index (χ0v) is 15.9. The Labute approximate surface area is 150 Å². The van der Waals surface area contributed by atoms with Gasteiger partial charge in [0, 0.05) is 17.1 Å². The minimum Gasteiger partial charge on any atom is -0.495 e. The lowest BCUT2D eigenvalue weighted by atomic mass is 10.2. The average molecular weight is 369 g/mol. The number of amides is 1. The molecule has 2 rings (SSSR count). The highest BCUT2D eigenvalue weighted by Crippen LogP contribution is 2.32. The normalized spacial score (nSPS) is 12.3. The largest absolute Gasteiger partial charge is 0.495 e. The van der Waals surface area contributed by atoms with Crippen molar-refractivity contribution in [2.24, 2.45) is 0 Å². The molecule has 0 radical (unpaired) electrons. The summed E-state index contributed by atoms with van der Waals surface area (Å²) in [6, 6.07) is 3.73. The van der Waals surface area contributed by atoms with E-state index in [1.54, 1.807) is 25.6 Å². The van der Waals surface area contributed by atoms with Crippen molar-refractivity contribution in [3.05, 3.63) is 29.0 Å². The van der Waals surface area contributed by atoms with Crippen LogP contribution in [-0.4, -0.2) is 33.0 Å². The molecule has 130 valence electrons. The van der Waals surface area contributed by atoms with Crippen LogP contribution in [0.5, 0.6) is 5.75 Å². The molecular formula is C16H21ClN4O2S. The van der Waals surface area contributed by atoms with Gasteiger partial charge in [-0.15, -0.1) is 10.2 Å². The summed E-state index contributed by atoms with van der Waals surface area (Å²) in [6.45, 7) is 7.79. The number of aryl methyl sites for hydroxylation is 1. The van der Waals surface area contributed by atoms with Crippen LogP contribution >= 0.6 is 23.4 Å². The maximum absolute atomic E-state index is 12.5. The number of aromatic nitrogens is 3. The Hall–Kier alpha value is -1.73. The Morgan fingerprint density at radius 1 is 1.38 bits per heavy atom. The van der Waals surface area contributed by atoms with Crippen molar-refractivity contribution in [1.82, 2.24) is 14.8 Å². The minimum absolute atomic E-state index is 0.140. The zero-order chi connectivity index (χ0) is 17.9. The first kappa shape index (κ1) is 18.6. The number of hydrogen-bond acceptors (Lipinski definition) is 5. The lowest BCUT2D eigenvalue weighted by Gasteiger charge is -2.16. The highest BCUT2D eigenvalue weighted by molar-refractivity contribution is 8.00. The van der Waals surface area contributed by atoms with Gasteiger partial charge in [0.05, 0.1) is 18.0 Å². The van der Waals surface area contributed by atoms with Crippen molar-refractivity contribution >= 4 is 35.0 Å². The van der Waals surface area contributed by atoms with E-state index in [9.17, 15) is 4.79 Å². The number of rotatable bonds is 6. The van der Waals surface area contributed by atoms with Crippen LogP contribution in [-0.2, 0) is 4.79 Å². The molecule has 1 aromatic heterocycles. The van der Waals surface area contributed by atoms with Gasteiger partial charge in [0.15, 0.2) is 5.16 Å². The second-order valence-electron chi connectivity index (χ2n) is 5.67. The Bertz CT molecular complexity index is 733. The highest BCUT2D eigenvalue weighted by atomic mass is 35.5. The van der Waals surface area contributed by atoms with Crippen molar-refractivity contribution in [2.75, 3.05) is 12.4 Å². The van der Waals surface area contributed by atoms with Gasteiger partial charge in [-0.3, -0.25) is 4.79 Å². The molecule has 0 aliphatic heterocycles. The Morgan fingerprint density at radius 3 is 2.71 bits per heavy atom. The van der Waals surface area contributed by atoms with Gasteiger partial charge in [0.2, 0.25) is 5.91 Å². The van der Waals surface area contributed by atoms with E-state index in [4.69, 9.17) is 16.3 Å². The second kappa shape index (κ2) is 7.90. The van der Waals surface area contributed by atoms with Gasteiger partial charge in [0.1, 0.15) is 12.1 Å². The van der Waals surface area contributed by atoms with E-state index in [0.717, 1.165) is 5.56 Å². The summed E-state index contributed by atoms with van der Waals surface area (Å²) in [4.78, 5) is 12.5. The number of anilines is 1. The number of benzene rings is 1. The van der Waals surface area contributed by atoms with E-state index in [-0.39, 0.29) is 17.2 Å². The van der Waals surface area contributed by atoms with E-state index < -0.39 is 0 Å². The van der Waals surface area contributed by atoms with Crippen LogP contribution in [0.15, 0.2) is 23.6 Å². The summed E-state index contributed by atoms with van der Waals surface area (Å²) in [5.41, 5.74) is 1.47. The summed E-state index contributed by atoms with van der Waals surface area (Å²) in [6.07, 6.45) is 1.67. The van der Waals surface area contributed by atoms with Gasteiger partial charge < -0.3 is 14.6 Å². The minimum atomic E-state index is -0.340. The molecule has 6 nitrogen and oxygen atoms in total. The van der Waals surface area contributed by atoms with Gasteiger partial charge in [-0.2, -0.15) is 0 Å². The van der Waals surface area contributed by atoms with Crippen LogP contribution in [0.25, 0.3) is 0 Å². The molecule has 1 aromatic carbocycles. The number of hydrogen-bond donors (Lipinski definition) is 1. The predicted molar refractivity (Wildman–Crippen MR) is 97.1 cm³/mol. The number of halogens is 1. The topological polar surface area (TPSA) is 69.0 Å². The first-order valence-corrected chi connectivity index (χ1v) is 8.80. The second-order valence-corrected chi connectivity index (χ2v) is 7.38. The molecule has 24 heavy (non-hydrogen) atoms. The van der Waals surface area contributed by atoms with Gasteiger partial charge >= 0.3 is 0 Å². The number of carbonyl (C=O) groups excluding carboxylic acids is 1. The first-order valence-electron chi connectivity index (χ1n) is 7.54. The maximum Gasteiger partial charge on any atom is 0.237 e. The number of carbonyl (C=O) groups is 1. The molecule has 0 saturated carbocycles. The molecule has 0 unspecified atom stereocenters. The number of nitrogens with zero attached hydrogens (tertiary/aromatic N) is 3. The first-order chi connectivity index (χ1) is 11.3. The molecule has 0 aliphatic carbocycles. The van der Waals surface area contributed by atoms with E-state index >= 15 is 0 Å².